The first-order valence-corrected chi connectivity index (χ1v) is 6.42. The molecule has 1 amide bonds. The highest BCUT2D eigenvalue weighted by molar-refractivity contribution is 5.77. The second kappa shape index (κ2) is 5.48. The number of nitrogens with zero attached hydrogens (tertiary/aromatic N) is 1. The van der Waals surface area contributed by atoms with E-state index < -0.39 is 0 Å². The lowest BCUT2D eigenvalue weighted by atomic mass is 9.95. The summed E-state index contributed by atoms with van der Waals surface area (Å²) in [6.45, 7) is 6.59. The summed E-state index contributed by atoms with van der Waals surface area (Å²) in [6, 6.07) is 0.516. The van der Waals surface area contributed by atoms with Crippen molar-refractivity contribution in [3.8, 4) is 0 Å². The molecule has 1 saturated carbocycles. The molecule has 3 heteroatoms. The Balaban J connectivity index is 1.81. The second-order valence-electron chi connectivity index (χ2n) is 4.98. The van der Waals surface area contributed by atoms with Crippen molar-refractivity contribution in [2.45, 2.75) is 38.1 Å². The second-order valence-corrected chi connectivity index (χ2v) is 4.98. The monoisotopic (exact) mass is 222 g/mol. The van der Waals surface area contributed by atoms with E-state index in [1.54, 1.807) is 0 Å². The molecule has 0 spiro atoms. The van der Waals surface area contributed by atoms with Crippen molar-refractivity contribution in [1.82, 2.24) is 10.2 Å². The topological polar surface area (TPSA) is 32.3 Å². The third kappa shape index (κ3) is 3.08. The molecule has 2 aliphatic rings. The van der Waals surface area contributed by atoms with E-state index in [1.807, 2.05) is 11.0 Å². The smallest absolute Gasteiger partial charge is 0.223 e. The summed E-state index contributed by atoms with van der Waals surface area (Å²) in [5.41, 5.74) is 0. The average Bonchev–Trinajstić information content (AvgIpc) is 3.11. The third-order valence-corrected chi connectivity index (χ3v) is 3.50. The quantitative estimate of drug-likeness (QED) is 0.716. The lowest BCUT2D eigenvalue weighted by molar-refractivity contribution is -0.132. The fourth-order valence-electron chi connectivity index (χ4n) is 2.44. The van der Waals surface area contributed by atoms with Crippen molar-refractivity contribution < 1.29 is 4.79 Å². The van der Waals surface area contributed by atoms with Crippen LogP contribution in [0.4, 0.5) is 0 Å². The molecule has 1 N–H and O–H groups in total. The first kappa shape index (κ1) is 11.6. The fraction of sp³-hybridized carbons (Fsp3) is 0.769. The number of carbonyl (C=O) groups is 1. The van der Waals surface area contributed by atoms with Crippen molar-refractivity contribution in [2.24, 2.45) is 5.92 Å². The van der Waals surface area contributed by atoms with Crippen molar-refractivity contribution in [3.05, 3.63) is 12.7 Å². The summed E-state index contributed by atoms with van der Waals surface area (Å²) in [7, 11) is 0. The Morgan fingerprint density at radius 1 is 1.44 bits per heavy atom. The standard InChI is InChI=1S/C13H22N2O/c1-2-8-15(12-5-6-12)13(16)9-11-4-3-7-14-10-11/h2,11-12,14H,1,3-10H2. The van der Waals surface area contributed by atoms with Gasteiger partial charge in [-0.25, -0.2) is 0 Å². The number of piperidine rings is 1. The summed E-state index contributed by atoms with van der Waals surface area (Å²) in [5, 5.41) is 3.37. The van der Waals surface area contributed by atoms with Gasteiger partial charge in [0.2, 0.25) is 5.91 Å². The van der Waals surface area contributed by atoms with Crippen LogP contribution < -0.4 is 5.32 Å². The van der Waals surface area contributed by atoms with E-state index in [9.17, 15) is 4.79 Å². The zero-order valence-corrected chi connectivity index (χ0v) is 9.95. The summed E-state index contributed by atoms with van der Waals surface area (Å²) in [4.78, 5) is 14.1. The highest BCUT2D eigenvalue weighted by Gasteiger charge is 2.32. The lowest BCUT2D eigenvalue weighted by Crippen LogP contribution is -2.37. The van der Waals surface area contributed by atoms with Crippen molar-refractivity contribution in [3.63, 3.8) is 0 Å². The van der Waals surface area contributed by atoms with Gasteiger partial charge in [0.25, 0.3) is 0 Å². The molecule has 1 saturated heterocycles. The Morgan fingerprint density at radius 2 is 2.25 bits per heavy atom. The minimum Gasteiger partial charge on any atom is -0.336 e. The zero-order chi connectivity index (χ0) is 11.4. The Bertz CT molecular complexity index is 255. The van der Waals surface area contributed by atoms with E-state index in [0.29, 0.717) is 17.9 Å². The molecule has 1 aliphatic carbocycles. The van der Waals surface area contributed by atoms with Gasteiger partial charge in [-0.05, 0) is 44.7 Å². The van der Waals surface area contributed by atoms with Crippen LogP contribution in [-0.2, 0) is 4.79 Å². The van der Waals surface area contributed by atoms with E-state index in [2.05, 4.69) is 11.9 Å². The molecule has 0 radical (unpaired) electrons. The van der Waals surface area contributed by atoms with Gasteiger partial charge in [-0.3, -0.25) is 4.79 Å². The number of rotatable bonds is 5. The van der Waals surface area contributed by atoms with Gasteiger partial charge in [0.1, 0.15) is 0 Å². The lowest BCUT2D eigenvalue weighted by Gasteiger charge is -2.26. The van der Waals surface area contributed by atoms with Crippen molar-refractivity contribution in [2.75, 3.05) is 19.6 Å². The van der Waals surface area contributed by atoms with Crippen molar-refractivity contribution >= 4 is 5.91 Å². The van der Waals surface area contributed by atoms with Gasteiger partial charge in [-0.2, -0.15) is 0 Å². The van der Waals surface area contributed by atoms with E-state index in [1.165, 1.54) is 25.7 Å². The van der Waals surface area contributed by atoms with Crippen LogP contribution >= 0.6 is 0 Å². The number of carbonyl (C=O) groups excluding carboxylic acids is 1. The van der Waals surface area contributed by atoms with Gasteiger partial charge in [-0.15, -0.1) is 6.58 Å². The third-order valence-electron chi connectivity index (χ3n) is 3.50. The van der Waals surface area contributed by atoms with Crippen LogP contribution in [0.5, 0.6) is 0 Å². The van der Waals surface area contributed by atoms with Crippen LogP contribution in [0.15, 0.2) is 12.7 Å². The molecule has 2 fully saturated rings. The SMILES string of the molecule is C=CCN(C(=O)CC1CCCNC1)C1CC1. The van der Waals surface area contributed by atoms with Crippen molar-refractivity contribution in [1.29, 1.82) is 0 Å². The molecule has 1 aliphatic heterocycles. The molecule has 1 atom stereocenters. The maximum atomic E-state index is 12.1. The van der Waals surface area contributed by atoms with Gasteiger partial charge < -0.3 is 10.2 Å². The Morgan fingerprint density at radius 3 is 2.81 bits per heavy atom. The summed E-state index contributed by atoms with van der Waals surface area (Å²) >= 11 is 0. The van der Waals surface area contributed by atoms with E-state index in [0.717, 1.165) is 26.1 Å². The van der Waals surface area contributed by atoms with Crippen LogP contribution in [0.25, 0.3) is 0 Å². The number of hydrogen-bond acceptors (Lipinski definition) is 2. The minimum absolute atomic E-state index is 0.330. The predicted molar refractivity (Wildman–Crippen MR) is 65.1 cm³/mol. The van der Waals surface area contributed by atoms with Gasteiger partial charge in [0.15, 0.2) is 0 Å². The van der Waals surface area contributed by atoms with Gasteiger partial charge in [0.05, 0.1) is 0 Å². The molecule has 1 heterocycles. The highest BCUT2D eigenvalue weighted by Crippen LogP contribution is 2.28. The van der Waals surface area contributed by atoms with E-state index in [4.69, 9.17) is 0 Å². The molecular formula is C13H22N2O. The van der Waals surface area contributed by atoms with Gasteiger partial charge in [-0.1, -0.05) is 6.08 Å². The molecule has 2 rings (SSSR count). The Labute approximate surface area is 97.9 Å². The fourth-order valence-corrected chi connectivity index (χ4v) is 2.44. The number of nitrogens with one attached hydrogen (secondary N) is 1. The number of amides is 1. The molecule has 16 heavy (non-hydrogen) atoms. The van der Waals surface area contributed by atoms with Gasteiger partial charge >= 0.3 is 0 Å². The summed E-state index contributed by atoms with van der Waals surface area (Å²) < 4.78 is 0. The summed E-state index contributed by atoms with van der Waals surface area (Å²) in [6.07, 6.45) is 7.34. The molecule has 90 valence electrons. The van der Waals surface area contributed by atoms with Crippen LogP contribution in [0.2, 0.25) is 0 Å². The van der Waals surface area contributed by atoms with E-state index >= 15 is 0 Å². The van der Waals surface area contributed by atoms with E-state index in [-0.39, 0.29) is 0 Å². The molecule has 0 bridgehead atoms. The predicted octanol–water partition coefficient (Wildman–Crippen LogP) is 1.55. The van der Waals surface area contributed by atoms with Crippen LogP contribution in [0, 0.1) is 5.92 Å². The Kier molecular flexibility index (Phi) is 3.99. The first-order valence-electron chi connectivity index (χ1n) is 6.42. The van der Waals surface area contributed by atoms with Crippen LogP contribution in [-0.4, -0.2) is 36.5 Å². The van der Waals surface area contributed by atoms with Gasteiger partial charge in [0, 0.05) is 19.0 Å². The largest absolute Gasteiger partial charge is 0.336 e. The minimum atomic E-state index is 0.330. The Hall–Kier alpha value is -0.830. The van der Waals surface area contributed by atoms with Crippen LogP contribution in [0.1, 0.15) is 32.1 Å². The molecule has 1 unspecified atom stereocenters. The highest BCUT2D eigenvalue weighted by atomic mass is 16.2. The average molecular weight is 222 g/mol. The normalized spacial score (nSPS) is 25.1. The molecule has 0 aromatic rings. The zero-order valence-electron chi connectivity index (χ0n) is 9.95. The van der Waals surface area contributed by atoms with Crippen LogP contribution in [0.3, 0.4) is 0 Å². The number of hydrogen-bond donors (Lipinski definition) is 1. The first-order chi connectivity index (χ1) is 7.81. The molecular weight excluding hydrogens is 200 g/mol. The molecule has 0 aromatic heterocycles. The molecule has 0 aromatic carbocycles. The maximum Gasteiger partial charge on any atom is 0.223 e. The summed E-state index contributed by atoms with van der Waals surface area (Å²) in [5.74, 6) is 0.878. The maximum absolute atomic E-state index is 12.1. The molecule has 3 nitrogen and oxygen atoms in total.